The average Bonchev–Trinajstić information content (AvgIpc) is 2.57. The number of carboxylic acids is 1. The Morgan fingerprint density at radius 1 is 0.800 bits per heavy atom. The SMILES string of the molecule is O=C([O-])C(F)(F)F.c1ccc2cc3cc4[nH+]cccc4cc3cc2c1. The molecule has 4 aromatic rings. The molecule has 0 fully saturated rings. The minimum absolute atomic E-state index is 1.18. The molecule has 3 aromatic carbocycles. The highest BCUT2D eigenvalue weighted by Crippen LogP contribution is 2.25. The summed E-state index contributed by atoms with van der Waals surface area (Å²) in [6, 6.07) is 21.6. The fourth-order valence-electron chi connectivity index (χ4n) is 2.56. The fraction of sp³-hybridized carbons (Fsp3) is 0.0526. The molecule has 3 nitrogen and oxygen atoms in total. The van der Waals surface area contributed by atoms with Crippen molar-refractivity contribution in [2.24, 2.45) is 0 Å². The van der Waals surface area contributed by atoms with Crippen LogP contribution in [0.3, 0.4) is 0 Å². The van der Waals surface area contributed by atoms with Crippen molar-refractivity contribution in [1.82, 2.24) is 0 Å². The number of hydrogen-bond donors (Lipinski definition) is 0. The van der Waals surface area contributed by atoms with E-state index >= 15 is 0 Å². The number of aromatic amines is 1. The van der Waals surface area contributed by atoms with Crippen molar-refractivity contribution in [3.8, 4) is 0 Å². The first kappa shape index (κ1) is 16.7. The molecule has 0 aliphatic rings. The number of nitrogens with one attached hydrogen (secondary N) is 1. The van der Waals surface area contributed by atoms with Crippen molar-refractivity contribution in [2.45, 2.75) is 6.18 Å². The summed E-state index contributed by atoms with van der Waals surface area (Å²) < 4.78 is 31.5. The number of carboxylic acid groups (broad SMARTS) is 1. The Balaban J connectivity index is 0.000000225. The summed E-state index contributed by atoms with van der Waals surface area (Å²) in [4.78, 5) is 12.1. The summed E-state index contributed by atoms with van der Waals surface area (Å²) >= 11 is 0. The Kier molecular flexibility index (Phi) is 4.27. The van der Waals surface area contributed by atoms with E-state index in [2.05, 4.69) is 59.6 Å². The Hall–Kier alpha value is -3.15. The molecule has 0 spiro atoms. The van der Waals surface area contributed by atoms with Crippen LogP contribution in [0, 0.1) is 0 Å². The third-order valence-corrected chi connectivity index (χ3v) is 3.72. The van der Waals surface area contributed by atoms with Gasteiger partial charge in [-0.1, -0.05) is 24.3 Å². The minimum atomic E-state index is -5.19. The fourth-order valence-corrected chi connectivity index (χ4v) is 2.56. The van der Waals surface area contributed by atoms with Crippen LogP contribution in [0.4, 0.5) is 13.2 Å². The number of benzene rings is 3. The van der Waals surface area contributed by atoms with Gasteiger partial charge in [0.25, 0.3) is 0 Å². The molecular formula is C19H12F3NO2. The van der Waals surface area contributed by atoms with Crippen molar-refractivity contribution >= 4 is 38.4 Å². The number of H-pyrrole nitrogens is 1. The Morgan fingerprint density at radius 2 is 1.28 bits per heavy atom. The van der Waals surface area contributed by atoms with Crippen LogP contribution >= 0.6 is 0 Å². The first-order chi connectivity index (χ1) is 11.8. The smallest absolute Gasteiger partial charge is 0.430 e. The van der Waals surface area contributed by atoms with Crippen LogP contribution < -0.4 is 10.1 Å². The number of alkyl halides is 3. The molecule has 0 saturated carbocycles. The molecule has 1 aromatic heterocycles. The third-order valence-electron chi connectivity index (χ3n) is 3.72. The molecule has 1 N–H and O–H groups in total. The standard InChI is InChI=1S/C17H11N.C2HF3O2/c1-2-5-13-9-16-11-17-14(6-3-7-18-17)10-15(16)8-12(13)4-1;3-2(4,5)1(6)7/h1-11H;(H,6,7). The number of rotatable bonds is 0. The van der Waals surface area contributed by atoms with Crippen LogP contribution in [0.15, 0.2) is 66.9 Å². The largest absolute Gasteiger partial charge is 0.542 e. The summed E-state index contributed by atoms with van der Waals surface area (Å²) in [6.45, 7) is 0. The van der Waals surface area contributed by atoms with Gasteiger partial charge in [0, 0.05) is 17.5 Å². The number of hydrogen-bond acceptors (Lipinski definition) is 2. The molecule has 0 aliphatic heterocycles. The van der Waals surface area contributed by atoms with Gasteiger partial charge in [-0.3, -0.25) is 0 Å². The molecule has 0 bridgehead atoms. The number of carbonyl (C=O) groups is 1. The lowest BCUT2D eigenvalue weighted by Gasteiger charge is -2.03. The molecule has 0 atom stereocenters. The number of fused-ring (bicyclic) bond motifs is 3. The molecule has 0 radical (unpaired) electrons. The van der Waals surface area contributed by atoms with Gasteiger partial charge in [0.05, 0.1) is 0 Å². The van der Waals surface area contributed by atoms with Gasteiger partial charge in [-0.05, 0) is 45.8 Å². The monoisotopic (exact) mass is 343 g/mol. The van der Waals surface area contributed by atoms with Crippen LogP contribution in [0.1, 0.15) is 0 Å². The first-order valence-corrected chi connectivity index (χ1v) is 7.36. The summed E-state index contributed by atoms with van der Waals surface area (Å²) in [5, 5.41) is 15.2. The highest BCUT2D eigenvalue weighted by atomic mass is 19.4. The van der Waals surface area contributed by atoms with Gasteiger partial charge in [0.15, 0.2) is 6.20 Å². The quantitative estimate of drug-likeness (QED) is 0.460. The zero-order chi connectivity index (χ0) is 18.0. The van der Waals surface area contributed by atoms with Crippen LogP contribution in [0.5, 0.6) is 0 Å². The molecule has 0 saturated heterocycles. The van der Waals surface area contributed by atoms with Gasteiger partial charge >= 0.3 is 6.18 Å². The predicted molar refractivity (Wildman–Crippen MR) is 86.6 cm³/mol. The van der Waals surface area contributed by atoms with Crippen molar-refractivity contribution in [3.63, 3.8) is 0 Å². The average molecular weight is 343 g/mol. The predicted octanol–water partition coefficient (Wildman–Crippen LogP) is 3.26. The summed E-state index contributed by atoms with van der Waals surface area (Å²) in [7, 11) is 0. The van der Waals surface area contributed by atoms with E-state index in [1.165, 1.54) is 32.4 Å². The van der Waals surface area contributed by atoms with Gasteiger partial charge in [-0.25, -0.2) is 4.98 Å². The van der Waals surface area contributed by atoms with Crippen molar-refractivity contribution in [3.05, 3.63) is 66.9 Å². The zero-order valence-corrected chi connectivity index (χ0v) is 12.8. The normalized spacial score (nSPS) is 11.3. The second kappa shape index (κ2) is 6.39. The van der Waals surface area contributed by atoms with Crippen molar-refractivity contribution in [2.75, 3.05) is 0 Å². The Morgan fingerprint density at radius 3 is 1.84 bits per heavy atom. The summed E-state index contributed by atoms with van der Waals surface area (Å²) in [5.41, 5.74) is 1.18. The lowest BCUT2D eigenvalue weighted by atomic mass is 10.0. The molecule has 1 heterocycles. The van der Waals surface area contributed by atoms with E-state index in [9.17, 15) is 13.2 Å². The Bertz CT molecular complexity index is 930. The second-order valence-corrected chi connectivity index (χ2v) is 5.44. The maximum Gasteiger partial charge on any atom is 0.430 e. The highest BCUT2D eigenvalue weighted by molar-refractivity contribution is 6.03. The zero-order valence-electron chi connectivity index (χ0n) is 12.8. The Labute approximate surface area is 140 Å². The molecule has 4 rings (SSSR count). The van der Waals surface area contributed by atoms with E-state index < -0.39 is 12.1 Å². The van der Waals surface area contributed by atoms with E-state index in [1.54, 1.807) is 0 Å². The van der Waals surface area contributed by atoms with E-state index in [4.69, 9.17) is 9.90 Å². The lowest BCUT2D eigenvalue weighted by Crippen LogP contribution is -2.37. The number of pyridine rings is 1. The van der Waals surface area contributed by atoms with E-state index in [0.29, 0.717) is 0 Å². The maximum atomic E-state index is 10.5. The summed E-state index contributed by atoms with van der Waals surface area (Å²) in [6.07, 6.45) is -3.23. The van der Waals surface area contributed by atoms with Gasteiger partial charge in [0.2, 0.25) is 5.52 Å². The van der Waals surface area contributed by atoms with Gasteiger partial charge in [-0.15, -0.1) is 0 Å². The van der Waals surface area contributed by atoms with Crippen LogP contribution in [-0.2, 0) is 4.79 Å². The molecule has 25 heavy (non-hydrogen) atoms. The van der Waals surface area contributed by atoms with E-state index in [0.717, 1.165) is 0 Å². The molecule has 0 amide bonds. The molecule has 6 heteroatoms. The van der Waals surface area contributed by atoms with Gasteiger partial charge in [-0.2, -0.15) is 13.2 Å². The van der Waals surface area contributed by atoms with E-state index in [1.807, 2.05) is 12.3 Å². The van der Waals surface area contributed by atoms with Crippen molar-refractivity contribution in [1.29, 1.82) is 0 Å². The van der Waals surface area contributed by atoms with Gasteiger partial charge < -0.3 is 9.90 Å². The van der Waals surface area contributed by atoms with E-state index in [-0.39, 0.29) is 0 Å². The number of halogens is 3. The molecule has 0 unspecified atom stereocenters. The number of carbonyl (C=O) groups excluding carboxylic acids is 1. The highest BCUT2D eigenvalue weighted by Gasteiger charge is 2.28. The third kappa shape index (κ3) is 3.68. The molecule has 126 valence electrons. The van der Waals surface area contributed by atoms with Gasteiger partial charge in [0.1, 0.15) is 5.97 Å². The summed E-state index contributed by atoms with van der Waals surface area (Å²) in [5.74, 6) is -3.01. The maximum absolute atomic E-state index is 10.5. The van der Waals surface area contributed by atoms with Crippen LogP contribution in [0.25, 0.3) is 32.4 Å². The minimum Gasteiger partial charge on any atom is -0.542 e. The second-order valence-electron chi connectivity index (χ2n) is 5.44. The number of aliphatic carboxylic acids is 1. The molecular weight excluding hydrogens is 331 g/mol. The number of aromatic nitrogens is 1. The topological polar surface area (TPSA) is 54.3 Å². The first-order valence-electron chi connectivity index (χ1n) is 7.36. The van der Waals surface area contributed by atoms with Crippen molar-refractivity contribution < 1.29 is 28.1 Å². The van der Waals surface area contributed by atoms with Crippen LogP contribution in [-0.4, -0.2) is 12.1 Å². The lowest BCUT2D eigenvalue weighted by molar-refractivity contribution is -0.344. The molecule has 0 aliphatic carbocycles. The van der Waals surface area contributed by atoms with Crippen LogP contribution in [0.2, 0.25) is 0 Å².